The van der Waals surface area contributed by atoms with Gasteiger partial charge in [-0.1, -0.05) is 97.1 Å². The Labute approximate surface area is 191 Å². The van der Waals surface area contributed by atoms with E-state index >= 15 is 0 Å². The van der Waals surface area contributed by atoms with Gasteiger partial charge in [-0.15, -0.1) is 0 Å². The summed E-state index contributed by atoms with van der Waals surface area (Å²) >= 11 is 0. The van der Waals surface area contributed by atoms with Crippen LogP contribution in [-0.2, 0) is 17.9 Å². The van der Waals surface area contributed by atoms with Crippen LogP contribution in [0.1, 0.15) is 40.2 Å². The van der Waals surface area contributed by atoms with E-state index in [1.54, 1.807) is 0 Å². The van der Waals surface area contributed by atoms with Gasteiger partial charge in [0.15, 0.2) is 0 Å². The summed E-state index contributed by atoms with van der Waals surface area (Å²) in [6.07, 6.45) is 1.52. The Balaban J connectivity index is 1.66. The molecule has 0 aliphatic carbocycles. The van der Waals surface area contributed by atoms with Crippen LogP contribution in [0.4, 0.5) is 5.69 Å². The molecule has 1 atom stereocenters. The smallest absolute Gasteiger partial charge is 0.120 e. The lowest BCUT2D eigenvalue weighted by atomic mass is 9.86. The fourth-order valence-corrected chi connectivity index (χ4v) is 4.32. The number of rotatable bonds is 9. The average Bonchev–Trinajstić information content (AvgIpc) is 2.84. The fraction of sp³-hybridized carbons (Fsp3) is 0.167. The van der Waals surface area contributed by atoms with Crippen molar-refractivity contribution in [3.05, 3.63) is 137 Å². The molecule has 160 valence electrons. The second-order valence-electron chi connectivity index (χ2n) is 8.23. The number of hydrogen-bond acceptors (Lipinski definition) is 2. The zero-order valence-corrected chi connectivity index (χ0v) is 18.5. The van der Waals surface area contributed by atoms with Gasteiger partial charge in [0.05, 0.1) is 0 Å². The molecule has 0 aromatic heterocycles. The molecule has 0 radical (unpaired) electrons. The molecule has 0 aliphatic heterocycles. The second-order valence-corrected chi connectivity index (χ2v) is 8.23. The van der Waals surface area contributed by atoms with Crippen molar-refractivity contribution in [1.29, 1.82) is 0 Å². The molecule has 0 fully saturated rings. The SMILES string of the molecule is Cc1cc(N(Cc2ccccc2)Cc2ccccc2)ccc1[C@@H](CC=O)c1ccccc1. The first-order valence-corrected chi connectivity index (χ1v) is 11.2. The Bertz CT molecular complexity index is 1080. The normalized spacial score (nSPS) is 11.7. The van der Waals surface area contributed by atoms with Gasteiger partial charge in [-0.2, -0.15) is 0 Å². The van der Waals surface area contributed by atoms with Gasteiger partial charge < -0.3 is 9.69 Å². The van der Waals surface area contributed by atoms with Gasteiger partial charge in [0, 0.05) is 31.1 Å². The highest BCUT2D eigenvalue weighted by Crippen LogP contribution is 2.32. The van der Waals surface area contributed by atoms with Crippen LogP contribution < -0.4 is 4.90 Å². The summed E-state index contributed by atoms with van der Waals surface area (Å²) in [5.74, 6) is 0.0828. The summed E-state index contributed by atoms with van der Waals surface area (Å²) in [5.41, 5.74) is 7.37. The largest absolute Gasteiger partial charge is 0.363 e. The van der Waals surface area contributed by atoms with Gasteiger partial charge in [0.1, 0.15) is 6.29 Å². The number of benzene rings is 4. The lowest BCUT2D eigenvalue weighted by Crippen LogP contribution is -2.22. The third-order valence-electron chi connectivity index (χ3n) is 5.96. The number of anilines is 1. The molecule has 0 saturated heterocycles. The van der Waals surface area contributed by atoms with Crippen LogP contribution in [0.3, 0.4) is 0 Å². The Kier molecular flexibility index (Phi) is 7.14. The number of nitrogens with zero attached hydrogens (tertiary/aromatic N) is 1. The van der Waals surface area contributed by atoms with Crippen molar-refractivity contribution in [2.75, 3.05) is 4.90 Å². The molecule has 4 rings (SSSR count). The van der Waals surface area contributed by atoms with E-state index in [0.717, 1.165) is 19.4 Å². The summed E-state index contributed by atoms with van der Waals surface area (Å²) in [5, 5.41) is 0. The predicted octanol–water partition coefficient (Wildman–Crippen LogP) is 6.92. The van der Waals surface area contributed by atoms with Gasteiger partial charge in [0.25, 0.3) is 0 Å². The molecule has 2 nitrogen and oxygen atoms in total. The Morgan fingerprint density at radius 1 is 0.719 bits per heavy atom. The highest BCUT2D eigenvalue weighted by atomic mass is 16.1. The van der Waals surface area contributed by atoms with Crippen LogP contribution in [0.2, 0.25) is 0 Å². The topological polar surface area (TPSA) is 20.3 Å². The Hall–Kier alpha value is -3.65. The van der Waals surface area contributed by atoms with Crippen LogP contribution in [0.15, 0.2) is 109 Å². The molecule has 0 heterocycles. The summed E-state index contributed by atoms with van der Waals surface area (Å²) in [7, 11) is 0. The lowest BCUT2D eigenvalue weighted by molar-refractivity contribution is -0.108. The summed E-state index contributed by atoms with van der Waals surface area (Å²) in [6.45, 7) is 3.83. The number of aryl methyl sites for hydroxylation is 1. The van der Waals surface area contributed by atoms with Crippen LogP contribution in [0.25, 0.3) is 0 Å². The summed E-state index contributed by atoms with van der Waals surface area (Å²) in [4.78, 5) is 13.9. The third-order valence-corrected chi connectivity index (χ3v) is 5.96. The number of hydrogen-bond donors (Lipinski definition) is 0. The van der Waals surface area contributed by atoms with E-state index in [1.165, 1.54) is 33.5 Å². The van der Waals surface area contributed by atoms with Crippen LogP contribution in [0.5, 0.6) is 0 Å². The first-order chi connectivity index (χ1) is 15.7. The molecular weight excluding hydrogens is 390 g/mol. The minimum absolute atomic E-state index is 0.0828. The molecule has 4 aromatic carbocycles. The number of carbonyl (C=O) groups excluding carboxylic acids is 1. The molecule has 0 N–H and O–H groups in total. The summed E-state index contributed by atoms with van der Waals surface area (Å²) in [6, 6.07) is 38.2. The molecule has 0 spiro atoms. The highest BCUT2D eigenvalue weighted by molar-refractivity contribution is 5.58. The van der Waals surface area contributed by atoms with E-state index in [2.05, 4.69) is 103 Å². The monoisotopic (exact) mass is 419 g/mol. The quantitative estimate of drug-likeness (QED) is 0.274. The molecule has 0 aliphatic rings. The van der Waals surface area contributed by atoms with Gasteiger partial charge in [0.2, 0.25) is 0 Å². The molecular formula is C30H29NO. The fourth-order valence-electron chi connectivity index (χ4n) is 4.32. The van der Waals surface area contributed by atoms with Crippen molar-refractivity contribution in [3.63, 3.8) is 0 Å². The molecule has 32 heavy (non-hydrogen) atoms. The minimum Gasteiger partial charge on any atom is -0.363 e. The summed E-state index contributed by atoms with van der Waals surface area (Å²) < 4.78 is 0. The van der Waals surface area contributed by atoms with E-state index in [9.17, 15) is 4.79 Å². The molecule has 0 amide bonds. The van der Waals surface area contributed by atoms with Gasteiger partial charge >= 0.3 is 0 Å². The standard InChI is InChI=1S/C30H29NO/c1-24-21-28(17-18-29(24)30(19-20-32)27-15-9-4-10-16-27)31(22-25-11-5-2-6-12-25)23-26-13-7-3-8-14-26/h2-18,20-21,30H,19,22-23H2,1H3/t30-/m0/s1. The minimum atomic E-state index is 0.0828. The second kappa shape index (κ2) is 10.6. The van der Waals surface area contributed by atoms with Crippen LogP contribution in [0, 0.1) is 6.92 Å². The van der Waals surface area contributed by atoms with Crippen LogP contribution in [-0.4, -0.2) is 6.29 Å². The lowest BCUT2D eigenvalue weighted by Gasteiger charge is -2.27. The molecule has 0 saturated carbocycles. The van der Waals surface area contributed by atoms with Crippen molar-refractivity contribution < 1.29 is 4.79 Å². The number of aldehydes is 1. The van der Waals surface area contributed by atoms with Crippen molar-refractivity contribution in [2.45, 2.75) is 32.4 Å². The Morgan fingerprint density at radius 2 is 1.25 bits per heavy atom. The van der Waals surface area contributed by atoms with Gasteiger partial charge in [-0.05, 0) is 46.9 Å². The first-order valence-electron chi connectivity index (χ1n) is 11.2. The maximum Gasteiger partial charge on any atom is 0.120 e. The van der Waals surface area contributed by atoms with E-state index in [4.69, 9.17) is 0 Å². The zero-order chi connectivity index (χ0) is 22.2. The van der Waals surface area contributed by atoms with E-state index in [-0.39, 0.29) is 5.92 Å². The Morgan fingerprint density at radius 3 is 1.75 bits per heavy atom. The van der Waals surface area contributed by atoms with E-state index in [0.29, 0.717) is 6.42 Å². The van der Waals surface area contributed by atoms with Crippen molar-refractivity contribution >= 4 is 12.0 Å². The number of carbonyl (C=O) groups is 1. The maximum absolute atomic E-state index is 11.4. The third kappa shape index (κ3) is 5.33. The molecule has 2 heteroatoms. The van der Waals surface area contributed by atoms with Gasteiger partial charge in [-0.25, -0.2) is 0 Å². The maximum atomic E-state index is 11.4. The van der Waals surface area contributed by atoms with Crippen molar-refractivity contribution in [1.82, 2.24) is 0 Å². The van der Waals surface area contributed by atoms with Crippen molar-refractivity contribution in [2.24, 2.45) is 0 Å². The molecule has 0 bridgehead atoms. The average molecular weight is 420 g/mol. The highest BCUT2D eigenvalue weighted by Gasteiger charge is 2.17. The zero-order valence-electron chi connectivity index (χ0n) is 18.5. The molecule has 0 unspecified atom stereocenters. The van der Waals surface area contributed by atoms with E-state index in [1.807, 2.05) is 18.2 Å². The van der Waals surface area contributed by atoms with E-state index < -0.39 is 0 Å². The first kappa shape index (κ1) is 21.6. The van der Waals surface area contributed by atoms with Gasteiger partial charge in [-0.3, -0.25) is 0 Å². The van der Waals surface area contributed by atoms with Crippen molar-refractivity contribution in [3.8, 4) is 0 Å². The predicted molar refractivity (Wildman–Crippen MR) is 133 cm³/mol. The molecule has 4 aromatic rings. The van der Waals surface area contributed by atoms with Crippen LogP contribution >= 0.6 is 0 Å².